The number of nitrogens with two attached hydrogens (primary N) is 1. The number of benzene rings is 1. The van der Waals surface area contributed by atoms with Crippen LogP contribution in [0.3, 0.4) is 0 Å². The third kappa shape index (κ3) is 3.48. The molecule has 3 heteroatoms. The molecule has 0 saturated heterocycles. The number of nitrogens with one attached hydrogen (secondary N) is 1. The molecule has 3 N–H and O–H groups in total. The summed E-state index contributed by atoms with van der Waals surface area (Å²) in [7, 11) is 1.75. The van der Waals surface area contributed by atoms with Crippen molar-refractivity contribution in [3.8, 4) is 5.75 Å². The van der Waals surface area contributed by atoms with Crippen molar-refractivity contribution in [3.05, 3.63) is 28.8 Å². The van der Waals surface area contributed by atoms with E-state index in [0.29, 0.717) is 5.41 Å². The number of hydrogen-bond acceptors (Lipinski definition) is 3. The van der Waals surface area contributed by atoms with Gasteiger partial charge in [-0.2, -0.15) is 0 Å². The Balaban J connectivity index is 1.88. The summed E-state index contributed by atoms with van der Waals surface area (Å²) in [6.07, 6.45) is 3.57. The molecule has 1 fully saturated rings. The average molecular weight is 262 g/mol. The molecule has 0 atom stereocenters. The van der Waals surface area contributed by atoms with Gasteiger partial charge in [-0.15, -0.1) is 0 Å². The van der Waals surface area contributed by atoms with Crippen molar-refractivity contribution >= 4 is 0 Å². The van der Waals surface area contributed by atoms with E-state index in [1.54, 1.807) is 7.11 Å². The van der Waals surface area contributed by atoms with Crippen molar-refractivity contribution in [1.82, 2.24) is 5.32 Å². The molecule has 0 spiro atoms. The Morgan fingerprint density at radius 3 is 2.63 bits per heavy atom. The van der Waals surface area contributed by atoms with E-state index in [1.165, 1.54) is 29.5 Å². The van der Waals surface area contributed by atoms with Crippen LogP contribution in [-0.2, 0) is 6.42 Å². The molecule has 0 aromatic heterocycles. The molecule has 3 nitrogen and oxygen atoms in total. The van der Waals surface area contributed by atoms with Crippen LogP contribution in [0.1, 0.15) is 29.5 Å². The highest BCUT2D eigenvalue weighted by Gasteiger charge is 2.40. The first kappa shape index (κ1) is 14.4. The summed E-state index contributed by atoms with van der Waals surface area (Å²) in [4.78, 5) is 0. The monoisotopic (exact) mass is 262 g/mol. The number of methoxy groups -OCH3 is 1. The number of rotatable bonds is 7. The summed E-state index contributed by atoms with van der Waals surface area (Å²) in [6, 6.07) is 4.34. The zero-order chi connectivity index (χ0) is 13.9. The summed E-state index contributed by atoms with van der Waals surface area (Å²) in [5, 5.41) is 3.55. The Morgan fingerprint density at radius 2 is 2.05 bits per heavy atom. The zero-order valence-corrected chi connectivity index (χ0v) is 12.4. The largest absolute Gasteiger partial charge is 0.496 e. The van der Waals surface area contributed by atoms with Gasteiger partial charge in [-0.05, 0) is 74.4 Å². The summed E-state index contributed by atoms with van der Waals surface area (Å²) in [6.45, 7) is 7.12. The Hall–Kier alpha value is -1.06. The van der Waals surface area contributed by atoms with Gasteiger partial charge >= 0.3 is 0 Å². The predicted octanol–water partition coefficient (Wildman–Crippen LogP) is 2.18. The molecule has 2 rings (SSSR count). The van der Waals surface area contributed by atoms with Crippen LogP contribution in [0.5, 0.6) is 5.75 Å². The maximum atomic E-state index is 5.79. The van der Waals surface area contributed by atoms with Crippen LogP contribution >= 0.6 is 0 Å². The normalized spacial score (nSPS) is 16.4. The van der Waals surface area contributed by atoms with E-state index in [9.17, 15) is 0 Å². The third-order valence-electron chi connectivity index (χ3n) is 4.24. The molecule has 0 heterocycles. The van der Waals surface area contributed by atoms with Crippen molar-refractivity contribution in [2.75, 3.05) is 26.7 Å². The van der Waals surface area contributed by atoms with Crippen molar-refractivity contribution < 1.29 is 4.74 Å². The van der Waals surface area contributed by atoms with E-state index >= 15 is 0 Å². The maximum absolute atomic E-state index is 5.79. The quantitative estimate of drug-likeness (QED) is 0.740. The molecule has 0 bridgehead atoms. The maximum Gasteiger partial charge on any atom is 0.122 e. The number of hydrogen-bond donors (Lipinski definition) is 2. The fourth-order valence-electron chi connectivity index (χ4n) is 2.66. The highest BCUT2D eigenvalue weighted by Crippen LogP contribution is 2.43. The molecule has 0 unspecified atom stereocenters. The van der Waals surface area contributed by atoms with Crippen LogP contribution < -0.4 is 15.8 Å². The lowest BCUT2D eigenvalue weighted by Gasteiger charge is -2.16. The molecule has 0 amide bonds. The van der Waals surface area contributed by atoms with Gasteiger partial charge in [-0.1, -0.05) is 6.07 Å². The Labute approximate surface area is 116 Å². The Kier molecular flexibility index (Phi) is 4.48. The van der Waals surface area contributed by atoms with Gasteiger partial charge in [-0.25, -0.2) is 0 Å². The van der Waals surface area contributed by atoms with Gasteiger partial charge in [0.2, 0.25) is 0 Å². The molecule has 0 aliphatic heterocycles. The van der Waals surface area contributed by atoms with Gasteiger partial charge in [0.25, 0.3) is 0 Å². The molecule has 19 heavy (non-hydrogen) atoms. The number of ether oxygens (including phenoxy) is 1. The molecule has 1 aromatic carbocycles. The molecule has 1 saturated carbocycles. The summed E-state index contributed by atoms with van der Waals surface area (Å²) in [5.74, 6) is 1.01. The summed E-state index contributed by atoms with van der Waals surface area (Å²) < 4.78 is 5.49. The van der Waals surface area contributed by atoms with Crippen LogP contribution in [0.25, 0.3) is 0 Å². The fourth-order valence-corrected chi connectivity index (χ4v) is 2.66. The van der Waals surface area contributed by atoms with Crippen LogP contribution in [0, 0.1) is 19.3 Å². The van der Waals surface area contributed by atoms with E-state index in [1.807, 2.05) is 0 Å². The minimum atomic E-state index is 0.409. The van der Waals surface area contributed by atoms with Crippen molar-refractivity contribution in [2.24, 2.45) is 11.1 Å². The molecule has 1 aliphatic carbocycles. The topological polar surface area (TPSA) is 47.3 Å². The van der Waals surface area contributed by atoms with E-state index in [4.69, 9.17) is 10.5 Å². The van der Waals surface area contributed by atoms with E-state index in [2.05, 4.69) is 31.3 Å². The van der Waals surface area contributed by atoms with Gasteiger partial charge < -0.3 is 15.8 Å². The van der Waals surface area contributed by atoms with E-state index < -0.39 is 0 Å². The smallest absolute Gasteiger partial charge is 0.122 e. The number of aryl methyl sites for hydroxylation is 2. The first-order valence-corrected chi connectivity index (χ1v) is 7.15. The highest BCUT2D eigenvalue weighted by atomic mass is 16.5. The minimum absolute atomic E-state index is 0.409. The Bertz CT molecular complexity index is 439. The standard InChI is InChI=1S/C16H26N2O/c1-12-8-13(2)14(15(9-12)19-3)4-7-18-11-16(10-17)5-6-16/h8-9,18H,4-7,10-11,17H2,1-3H3. The predicted molar refractivity (Wildman–Crippen MR) is 79.8 cm³/mol. The van der Waals surface area contributed by atoms with Gasteiger partial charge in [0.1, 0.15) is 5.75 Å². The van der Waals surface area contributed by atoms with Gasteiger partial charge in [0, 0.05) is 6.54 Å². The molecule has 0 radical (unpaired) electrons. The zero-order valence-electron chi connectivity index (χ0n) is 12.4. The van der Waals surface area contributed by atoms with Gasteiger partial charge in [0.05, 0.1) is 7.11 Å². The average Bonchev–Trinajstić information content (AvgIpc) is 3.16. The Morgan fingerprint density at radius 1 is 1.32 bits per heavy atom. The second-order valence-electron chi connectivity index (χ2n) is 5.89. The molecular weight excluding hydrogens is 236 g/mol. The van der Waals surface area contributed by atoms with Gasteiger partial charge in [-0.3, -0.25) is 0 Å². The van der Waals surface area contributed by atoms with Crippen molar-refractivity contribution in [2.45, 2.75) is 33.1 Å². The highest BCUT2D eigenvalue weighted by molar-refractivity contribution is 5.43. The van der Waals surface area contributed by atoms with Crippen LogP contribution in [0.15, 0.2) is 12.1 Å². The SMILES string of the molecule is COc1cc(C)cc(C)c1CCNCC1(CN)CC1. The van der Waals surface area contributed by atoms with Crippen LogP contribution in [0.4, 0.5) is 0 Å². The summed E-state index contributed by atoms with van der Waals surface area (Å²) >= 11 is 0. The van der Waals surface area contributed by atoms with Crippen molar-refractivity contribution in [3.63, 3.8) is 0 Å². The summed E-state index contributed by atoms with van der Waals surface area (Å²) in [5.41, 5.74) is 10.1. The first-order valence-electron chi connectivity index (χ1n) is 7.15. The second-order valence-corrected chi connectivity index (χ2v) is 5.89. The third-order valence-corrected chi connectivity index (χ3v) is 4.24. The lowest BCUT2D eigenvalue weighted by molar-refractivity contribution is 0.407. The molecule has 1 aromatic rings. The lowest BCUT2D eigenvalue weighted by Crippen LogP contribution is -2.31. The second kappa shape index (κ2) is 5.93. The van der Waals surface area contributed by atoms with Gasteiger partial charge in [0.15, 0.2) is 0 Å². The fraction of sp³-hybridized carbons (Fsp3) is 0.625. The van der Waals surface area contributed by atoms with Crippen LogP contribution in [0.2, 0.25) is 0 Å². The first-order chi connectivity index (χ1) is 9.10. The minimum Gasteiger partial charge on any atom is -0.496 e. The molecular formula is C16H26N2O. The lowest BCUT2D eigenvalue weighted by atomic mass is 10.0. The molecule has 1 aliphatic rings. The van der Waals surface area contributed by atoms with E-state index in [-0.39, 0.29) is 0 Å². The van der Waals surface area contributed by atoms with Crippen LogP contribution in [-0.4, -0.2) is 26.7 Å². The van der Waals surface area contributed by atoms with E-state index in [0.717, 1.165) is 31.8 Å². The molecule has 106 valence electrons. The van der Waals surface area contributed by atoms with Crippen molar-refractivity contribution in [1.29, 1.82) is 0 Å².